The van der Waals surface area contributed by atoms with Crippen molar-refractivity contribution < 1.29 is 0 Å². The van der Waals surface area contributed by atoms with Crippen LogP contribution in [0.2, 0.25) is 5.02 Å². The molecule has 0 radical (unpaired) electrons. The number of halogens is 1. The predicted molar refractivity (Wildman–Crippen MR) is 88.8 cm³/mol. The third-order valence-corrected chi connectivity index (χ3v) is 5.77. The van der Waals surface area contributed by atoms with Crippen LogP contribution in [0.1, 0.15) is 63.7 Å². The summed E-state index contributed by atoms with van der Waals surface area (Å²) in [7, 11) is 2.01. The predicted octanol–water partition coefficient (Wildman–Crippen LogP) is 4.44. The molecule has 20 heavy (non-hydrogen) atoms. The highest BCUT2D eigenvalue weighted by Crippen LogP contribution is 2.33. The second-order valence-corrected chi connectivity index (χ2v) is 7.59. The van der Waals surface area contributed by atoms with E-state index in [1.807, 2.05) is 11.7 Å². The summed E-state index contributed by atoms with van der Waals surface area (Å²) in [4.78, 5) is 0. The number of hydrogen-bond donors (Lipinski definition) is 1. The minimum atomic E-state index is 0.277. The first kappa shape index (κ1) is 16.2. The maximum absolute atomic E-state index is 6.35. The van der Waals surface area contributed by atoms with Gasteiger partial charge in [-0.3, -0.25) is 4.68 Å². The van der Waals surface area contributed by atoms with Crippen molar-refractivity contribution in [1.29, 1.82) is 0 Å². The van der Waals surface area contributed by atoms with Crippen LogP contribution in [-0.2, 0) is 0 Å². The average Bonchev–Trinajstić information content (AvgIpc) is 2.83. The highest BCUT2D eigenvalue weighted by molar-refractivity contribution is 7.99. The van der Waals surface area contributed by atoms with E-state index < -0.39 is 0 Å². The van der Waals surface area contributed by atoms with E-state index in [4.69, 9.17) is 11.6 Å². The molecule has 1 N–H and O–H groups in total. The molecular formula is C15H26ClN3S. The maximum atomic E-state index is 6.35. The number of nitrogens with zero attached hydrogens (tertiary/aromatic N) is 2. The first-order valence-corrected chi connectivity index (χ1v) is 9.08. The lowest BCUT2D eigenvalue weighted by Gasteiger charge is -2.25. The molecule has 1 saturated carbocycles. The molecule has 1 aliphatic carbocycles. The lowest BCUT2D eigenvalue weighted by atomic mass is 10.0. The van der Waals surface area contributed by atoms with Gasteiger partial charge >= 0.3 is 0 Å². The molecule has 0 bridgehead atoms. The van der Waals surface area contributed by atoms with E-state index in [0.29, 0.717) is 6.04 Å². The Balaban J connectivity index is 2.02. The third kappa shape index (κ3) is 3.92. The van der Waals surface area contributed by atoms with Gasteiger partial charge in [-0.1, -0.05) is 30.9 Å². The second kappa shape index (κ2) is 7.71. The standard InChI is InChI=1S/C15H26ClN3S/c1-11(2)19-15(13(16)9-18-19)14(17-3)10-20-12-7-5-4-6-8-12/h9,11-12,14,17H,4-8,10H2,1-3H3. The molecule has 1 atom stereocenters. The average molecular weight is 316 g/mol. The molecule has 0 saturated heterocycles. The van der Waals surface area contributed by atoms with Crippen LogP contribution in [0.5, 0.6) is 0 Å². The highest BCUT2D eigenvalue weighted by Gasteiger charge is 2.22. The molecule has 1 aliphatic rings. The van der Waals surface area contributed by atoms with Crippen LogP contribution in [0.3, 0.4) is 0 Å². The second-order valence-electron chi connectivity index (χ2n) is 5.85. The van der Waals surface area contributed by atoms with Crippen LogP contribution in [0.15, 0.2) is 6.20 Å². The highest BCUT2D eigenvalue weighted by atomic mass is 35.5. The third-order valence-electron chi connectivity index (χ3n) is 4.01. The van der Waals surface area contributed by atoms with Crippen LogP contribution < -0.4 is 5.32 Å². The number of nitrogens with one attached hydrogen (secondary N) is 1. The van der Waals surface area contributed by atoms with E-state index in [0.717, 1.165) is 21.7 Å². The van der Waals surface area contributed by atoms with Gasteiger partial charge in [0.1, 0.15) is 0 Å². The van der Waals surface area contributed by atoms with Gasteiger partial charge in [0.25, 0.3) is 0 Å². The summed E-state index contributed by atoms with van der Waals surface area (Å²) in [5.74, 6) is 1.07. The van der Waals surface area contributed by atoms with Gasteiger partial charge in [-0.25, -0.2) is 0 Å². The number of hydrogen-bond acceptors (Lipinski definition) is 3. The summed E-state index contributed by atoms with van der Waals surface area (Å²) in [6.45, 7) is 4.29. The Kier molecular flexibility index (Phi) is 6.24. The first-order valence-electron chi connectivity index (χ1n) is 7.65. The normalized spacial score (nSPS) is 18.6. The molecule has 0 aliphatic heterocycles. The van der Waals surface area contributed by atoms with Gasteiger partial charge in [-0.15, -0.1) is 0 Å². The summed E-state index contributed by atoms with van der Waals surface area (Å²) >= 11 is 8.45. The SMILES string of the molecule is CNC(CSC1CCCCC1)c1c(Cl)cnn1C(C)C. The van der Waals surface area contributed by atoms with Gasteiger partial charge in [0, 0.05) is 17.0 Å². The molecule has 1 fully saturated rings. The van der Waals surface area contributed by atoms with E-state index in [-0.39, 0.29) is 6.04 Å². The Hall–Kier alpha value is -0.190. The molecule has 1 heterocycles. The van der Waals surface area contributed by atoms with Gasteiger partial charge in [-0.2, -0.15) is 16.9 Å². The van der Waals surface area contributed by atoms with Gasteiger partial charge in [0.15, 0.2) is 0 Å². The van der Waals surface area contributed by atoms with Gasteiger partial charge in [0.2, 0.25) is 0 Å². The lowest BCUT2D eigenvalue weighted by Crippen LogP contribution is -2.25. The zero-order valence-electron chi connectivity index (χ0n) is 12.7. The van der Waals surface area contributed by atoms with E-state index >= 15 is 0 Å². The van der Waals surface area contributed by atoms with Crippen LogP contribution in [0.25, 0.3) is 0 Å². The van der Waals surface area contributed by atoms with E-state index in [1.165, 1.54) is 32.1 Å². The fourth-order valence-corrected chi connectivity index (χ4v) is 4.57. The van der Waals surface area contributed by atoms with Crippen molar-refractivity contribution in [3.8, 4) is 0 Å². The first-order chi connectivity index (χ1) is 9.63. The van der Waals surface area contributed by atoms with Crippen LogP contribution in [-0.4, -0.2) is 27.8 Å². The van der Waals surface area contributed by atoms with Gasteiger partial charge < -0.3 is 5.32 Å². The minimum Gasteiger partial charge on any atom is -0.311 e. The summed E-state index contributed by atoms with van der Waals surface area (Å²) in [6.07, 6.45) is 8.72. The topological polar surface area (TPSA) is 29.9 Å². The summed E-state index contributed by atoms with van der Waals surface area (Å²) in [5, 5.41) is 9.44. The van der Waals surface area contributed by atoms with Crippen molar-refractivity contribution in [2.45, 2.75) is 63.3 Å². The Bertz CT molecular complexity index is 413. The number of aromatic nitrogens is 2. The van der Waals surface area contributed by atoms with E-state index in [9.17, 15) is 0 Å². The van der Waals surface area contributed by atoms with Crippen molar-refractivity contribution in [2.24, 2.45) is 0 Å². The van der Waals surface area contributed by atoms with Crippen molar-refractivity contribution in [2.75, 3.05) is 12.8 Å². The minimum absolute atomic E-state index is 0.277. The Morgan fingerprint density at radius 2 is 2.10 bits per heavy atom. The molecule has 3 nitrogen and oxygen atoms in total. The van der Waals surface area contributed by atoms with E-state index in [2.05, 4.69) is 36.0 Å². The number of rotatable bonds is 6. The van der Waals surface area contributed by atoms with Crippen LogP contribution >= 0.6 is 23.4 Å². The maximum Gasteiger partial charge on any atom is 0.0834 e. The van der Waals surface area contributed by atoms with Crippen molar-refractivity contribution in [1.82, 2.24) is 15.1 Å². The Morgan fingerprint density at radius 1 is 1.40 bits per heavy atom. The largest absolute Gasteiger partial charge is 0.311 e. The Labute approximate surface area is 131 Å². The fraction of sp³-hybridized carbons (Fsp3) is 0.800. The number of thioether (sulfide) groups is 1. The molecule has 1 aromatic rings. The zero-order chi connectivity index (χ0) is 14.5. The molecule has 114 valence electrons. The zero-order valence-corrected chi connectivity index (χ0v) is 14.3. The molecule has 1 unspecified atom stereocenters. The fourth-order valence-electron chi connectivity index (χ4n) is 2.85. The van der Waals surface area contributed by atoms with Crippen molar-refractivity contribution in [3.05, 3.63) is 16.9 Å². The summed E-state index contributed by atoms with van der Waals surface area (Å²) < 4.78 is 2.05. The molecule has 0 amide bonds. The molecule has 0 spiro atoms. The van der Waals surface area contributed by atoms with E-state index in [1.54, 1.807) is 6.20 Å². The van der Waals surface area contributed by atoms with Gasteiger partial charge in [-0.05, 0) is 33.7 Å². The molecular weight excluding hydrogens is 290 g/mol. The van der Waals surface area contributed by atoms with Crippen LogP contribution in [0, 0.1) is 0 Å². The van der Waals surface area contributed by atoms with Crippen molar-refractivity contribution >= 4 is 23.4 Å². The monoisotopic (exact) mass is 315 g/mol. The van der Waals surface area contributed by atoms with Crippen LogP contribution in [0.4, 0.5) is 0 Å². The Morgan fingerprint density at radius 3 is 2.70 bits per heavy atom. The molecule has 5 heteroatoms. The smallest absolute Gasteiger partial charge is 0.0834 e. The molecule has 2 rings (SSSR count). The molecule has 1 aromatic heterocycles. The lowest BCUT2D eigenvalue weighted by molar-refractivity contribution is 0.476. The summed E-state index contributed by atoms with van der Waals surface area (Å²) in [6, 6.07) is 0.618. The quantitative estimate of drug-likeness (QED) is 0.841. The molecule has 0 aromatic carbocycles. The summed E-state index contributed by atoms with van der Waals surface area (Å²) in [5.41, 5.74) is 1.13. The van der Waals surface area contributed by atoms with Crippen molar-refractivity contribution in [3.63, 3.8) is 0 Å². The van der Waals surface area contributed by atoms with Gasteiger partial charge in [0.05, 0.1) is 23.0 Å².